The SMILES string of the molecule is COc1ccccc1N1CCC(NC(=O)N(C)[C@@H]2CCSC2)CC1. The molecule has 0 unspecified atom stereocenters. The van der Waals surface area contributed by atoms with Gasteiger partial charge in [-0.05, 0) is 37.1 Å². The minimum Gasteiger partial charge on any atom is -0.495 e. The number of nitrogens with zero attached hydrogens (tertiary/aromatic N) is 2. The first kappa shape index (κ1) is 17.3. The Kier molecular flexibility index (Phi) is 5.76. The predicted octanol–water partition coefficient (Wildman–Crippen LogP) is 2.81. The van der Waals surface area contributed by atoms with Gasteiger partial charge in [-0.3, -0.25) is 0 Å². The normalized spacial score (nSPS) is 21.6. The van der Waals surface area contributed by atoms with E-state index in [9.17, 15) is 4.79 Å². The number of para-hydroxylation sites is 2. The van der Waals surface area contributed by atoms with Gasteiger partial charge in [0.2, 0.25) is 0 Å². The molecule has 2 amide bonds. The second-order valence-electron chi connectivity index (χ2n) is 6.51. The van der Waals surface area contributed by atoms with Crippen LogP contribution in [0.15, 0.2) is 24.3 Å². The van der Waals surface area contributed by atoms with Crippen molar-refractivity contribution in [1.82, 2.24) is 10.2 Å². The molecule has 1 N–H and O–H groups in total. The van der Waals surface area contributed by atoms with Crippen molar-refractivity contribution in [1.29, 1.82) is 0 Å². The first-order valence-electron chi connectivity index (χ1n) is 8.68. The summed E-state index contributed by atoms with van der Waals surface area (Å²) in [5.41, 5.74) is 1.14. The average Bonchev–Trinajstić information content (AvgIpc) is 3.16. The molecule has 2 saturated heterocycles. The summed E-state index contributed by atoms with van der Waals surface area (Å²) in [6.45, 7) is 1.88. The summed E-state index contributed by atoms with van der Waals surface area (Å²) in [5.74, 6) is 3.15. The van der Waals surface area contributed by atoms with Crippen LogP contribution in [0, 0.1) is 0 Å². The van der Waals surface area contributed by atoms with Gasteiger partial charge in [-0.1, -0.05) is 12.1 Å². The molecule has 6 heteroatoms. The molecule has 0 spiro atoms. The molecule has 0 aromatic heterocycles. The van der Waals surface area contributed by atoms with E-state index in [1.165, 1.54) is 5.75 Å². The average molecular weight is 350 g/mol. The molecule has 1 aromatic rings. The predicted molar refractivity (Wildman–Crippen MR) is 100 cm³/mol. The largest absolute Gasteiger partial charge is 0.495 e. The molecule has 24 heavy (non-hydrogen) atoms. The lowest BCUT2D eigenvalue weighted by molar-refractivity contribution is 0.189. The van der Waals surface area contributed by atoms with Gasteiger partial charge < -0.3 is 19.9 Å². The molecule has 1 aromatic carbocycles. The van der Waals surface area contributed by atoms with Crippen LogP contribution in [0.3, 0.4) is 0 Å². The Balaban J connectivity index is 1.50. The van der Waals surface area contributed by atoms with Gasteiger partial charge in [0.15, 0.2) is 0 Å². The van der Waals surface area contributed by atoms with E-state index < -0.39 is 0 Å². The zero-order valence-corrected chi connectivity index (χ0v) is 15.3. The van der Waals surface area contributed by atoms with Crippen molar-refractivity contribution in [3.05, 3.63) is 24.3 Å². The topological polar surface area (TPSA) is 44.8 Å². The van der Waals surface area contributed by atoms with Crippen molar-refractivity contribution in [2.75, 3.05) is 43.7 Å². The third-order valence-corrected chi connectivity index (χ3v) is 6.17. The number of ether oxygens (including phenoxy) is 1. The van der Waals surface area contributed by atoms with E-state index >= 15 is 0 Å². The van der Waals surface area contributed by atoms with E-state index in [4.69, 9.17) is 4.74 Å². The highest BCUT2D eigenvalue weighted by atomic mass is 32.2. The Morgan fingerprint density at radius 1 is 1.29 bits per heavy atom. The van der Waals surface area contributed by atoms with Crippen LogP contribution in [-0.4, -0.2) is 61.8 Å². The van der Waals surface area contributed by atoms with E-state index in [-0.39, 0.29) is 12.1 Å². The number of piperidine rings is 1. The van der Waals surface area contributed by atoms with Gasteiger partial charge in [-0.15, -0.1) is 0 Å². The maximum absolute atomic E-state index is 12.4. The minimum absolute atomic E-state index is 0.0817. The molecule has 0 radical (unpaired) electrons. The van der Waals surface area contributed by atoms with Crippen molar-refractivity contribution in [3.63, 3.8) is 0 Å². The highest BCUT2D eigenvalue weighted by Crippen LogP contribution is 2.30. The minimum atomic E-state index is 0.0817. The number of anilines is 1. The highest BCUT2D eigenvalue weighted by Gasteiger charge is 2.27. The smallest absolute Gasteiger partial charge is 0.317 e. The van der Waals surface area contributed by atoms with Crippen molar-refractivity contribution >= 4 is 23.5 Å². The number of hydrogen-bond acceptors (Lipinski definition) is 4. The van der Waals surface area contributed by atoms with Crippen LogP contribution in [0.1, 0.15) is 19.3 Å². The van der Waals surface area contributed by atoms with E-state index in [0.29, 0.717) is 6.04 Å². The summed E-state index contributed by atoms with van der Waals surface area (Å²) in [4.78, 5) is 16.7. The number of carbonyl (C=O) groups is 1. The number of benzene rings is 1. The zero-order chi connectivity index (χ0) is 16.9. The molecule has 0 bridgehead atoms. The number of rotatable bonds is 4. The van der Waals surface area contributed by atoms with Gasteiger partial charge in [0, 0.05) is 38.0 Å². The maximum Gasteiger partial charge on any atom is 0.317 e. The first-order chi connectivity index (χ1) is 11.7. The number of carbonyl (C=O) groups excluding carboxylic acids is 1. The number of hydrogen-bond donors (Lipinski definition) is 1. The second-order valence-corrected chi connectivity index (χ2v) is 7.66. The quantitative estimate of drug-likeness (QED) is 0.908. The molecular weight excluding hydrogens is 322 g/mol. The summed E-state index contributed by atoms with van der Waals surface area (Å²) >= 11 is 1.94. The summed E-state index contributed by atoms with van der Waals surface area (Å²) in [6, 6.07) is 8.87. The zero-order valence-electron chi connectivity index (χ0n) is 14.5. The highest BCUT2D eigenvalue weighted by molar-refractivity contribution is 7.99. The number of nitrogens with one attached hydrogen (secondary N) is 1. The number of methoxy groups -OCH3 is 1. The molecule has 2 aliphatic rings. The molecule has 0 aliphatic carbocycles. The molecule has 132 valence electrons. The Morgan fingerprint density at radius 3 is 2.71 bits per heavy atom. The van der Waals surface area contributed by atoms with Crippen molar-refractivity contribution in [2.45, 2.75) is 31.3 Å². The van der Waals surface area contributed by atoms with Gasteiger partial charge in [0.25, 0.3) is 0 Å². The van der Waals surface area contributed by atoms with Gasteiger partial charge in [0.05, 0.1) is 12.8 Å². The fourth-order valence-corrected chi connectivity index (χ4v) is 4.69. The van der Waals surface area contributed by atoms with E-state index in [0.717, 1.165) is 49.5 Å². The fourth-order valence-electron chi connectivity index (χ4n) is 3.43. The van der Waals surface area contributed by atoms with Gasteiger partial charge in [-0.25, -0.2) is 4.79 Å². The van der Waals surface area contributed by atoms with Crippen molar-refractivity contribution in [2.24, 2.45) is 0 Å². The Bertz CT molecular complexity index is 555. The number of urea groups is 1. The molecule has 0 saturated carbocycles. The van der Waals surface area contributed by atoms with Gasteiger partial charge in [-0.2, -0.15) is 11.8 Å². The Hall–Kier alpha value is -1.56. The van der Waals surface area contributed by atoms with E-state index in [2.05, 4.69) is 16.3 Å². The van der Waals surface area contributed by atoms with Gasteiger partial charge in [0.1, 0.15) is 5.75 Å². The van der Waals surface area contributed by atoms with Crippen LogP contribution in [0.25, 0.3) is 0 Å². The molecule has 2 aliphatic heterocycles. The Labute approximate surface area is 148 Å². The summed E-state index contributed by atoms with van der Waals surface area (Å²) < 4.78 is 5.46. The molecule has 3 rings (SSSR count). The summed E-state index contributed by atoms with van der Waals surface area (Å²) in [7, 11) is 3.64. The lowest BCUT2D eigenvalue weighted by Gasteiger charge is -2.35. The molecule has 2 heterocycles. The third-order valence-electron chi connectivity index (χ3n) is 5.02. The van der Waals surface area contributed by atoms with Crippen LogP contribution >= 0.6 is 11.8 Å². The maximum atomic E-state index is 12.4. The number of thioether (sulfide) groups is 1. The lowest BCUT2D eigenvalue weighted by Crippen LogP contribution is -2.50. The molecular formula is C18H27N3O2S. The fraction of sp³-hybridized carbons (Fsp3) is 0.611. The van der Waals surface area contributed by atoms with Crippen LogP contribution in [-0.2, 0) is 0 Å². The monoisotopic (exact) mass is 349 g/mol. The molecule has 5 nitrogen and oxygen atoms in total. The van der Waals surface area contributed by atoms with E-state index in [1.807, 2.05) is 41.9 Å². The van der Waals surface area contributed by atoms with Crippen LogP contribution in [0.2, 0.25) is 0 Å². The van der Waals surface area contributed by atoms with Crippen LogP contribution < -0.4 is 15.0 Å². The third kappa shape index (κ3) is 3.91. The lowest BCUT2D eigenvalue weighted by atomic mass is 10.0. The number of amides is 2. The van der Waals surface area contributed by atoms with Crippen molar-refractivity contribution < 1.29 is 9.53 Å². The van der Waals surface area contributed by atoms with Gasteiger partial charge >= 0.3 is 6.03 Å². The second kappa shape index (κ2) is 8.01. The van der Waals surface area contributed by atoms with Crippen LogP contribution in [0.5, 0.6) is 5.75 Å². The molecule has 2 fully saturated rings. The van der Waals surface area contributed by atoms with Crippen LogP contribution in [0.4, 0.5) is 10.5 Å². The van der Waals surface area contributed by atoms with Crippen molar-refractivity contribution in [3.8, 4) is 5.75 Å². The first-order valence-corrected chi connectivity index (χ1v) is 9.83. The Morgan fingerprint density at radius 2 is 2.04 bits per heavy atom. The summed E-state index contributed by atoms with van der Waals surface area (Å²) in [5, 5.41) is 3.22. The standard InChI is InChI=1S/C18H27N3O2S/c1-20(15-9-12-24-13-15)18(22)19-14-7-10-21(11-8-14)16-5-3-4-6-17(16)23-2/h3-6,14-15H,7-13H2,1-2H3,(H,19,22)/t15-/m1/s1. The molecule has 1 atom stereocenters. The summed E-state index contributed by atoms with van der Waals surface area (Å²) in [6.07, 6.45) is 3.05. The van der Waals surface area contributed by atoms with E-state index in [1.54, 1.807) is 7.11 Å².